The smallest absolute Gasteiger partial charge is 0.266 e. The Labute approximate surface area is 197 Å². The molecule has 1 atom stereocenters. The summed E-state index contributed by atoms with van der Waals surface area (Å²) < 4.78 is 2.64. The van der Waals surface area contributed by atoms with E-state index in [0.717, 1.165) is 35.8 Å². The summed E-state index contributed by atoms with van der Waals surface area (Å²) in [7, 11) is 0. The monoisotopic (exact) mass is 495 g/mol. The molecular weight excluding hydrogens is 466 g/mol. The number of hydrogen-bond donors (Lipinski definition) is 0. The minimum atomic E-state index is -0.268. The first-order valence-electron chi connectivity index (χ1n) is 11.6. The molecule has 1 fully saturated rings. The zero-order chi connectivity index (χ0) is 22.7. The summed E-state index contributed by atoms with van der Waals surface area (Å²) in [6.45, 7) is 4.68. The van der Waals surface area contributed by atoms with Gasteiger partial charge >= 0.3 is 0 Å². The maximum atomic E-state index is 13.6. The van der Waals surface area contributed by atoms with Gasteiger partial charge in [-0.1, -0.05) is 54.2 Å². The summed E-state index contributed by atoms with van der Waals surface area (Å²) in [4.78, 5) is 34.1. The van der Waals surface area contributed by atoms with Crippen LogP contribution < -0.4 is 5.56 Å². The lowest BCUT2D eigenvalue weighted by Gasteiger charge is -2.35. The van der Waals surface area contributed by atoms with E-state index in [1.165, 1.54) is 6.42 Å². The van der Waals surface area contributed by atoms with Gasteiger partial charge in [-0.05, 0) is 62.6 Å². The molecule has 1 aromatic heterocycles. The second-order valence-electron chi connectivity index (χ2n) is 8.49. The maximum absolute atomic E-state index is 13.6. The third kappa shape index (κ3) is 4.38. The quantitative estimate of drug-likeness (QED) is 0.419. The van der Waals surface area contributed by atoms with Crippen LogP contribution in [0.1, 0.15) is 64.2 Å². The third-order valence-electron chi connectivity index (χ3n) is 6.53. The van der Waals surface area contributed by atoms with Crippen LogP contribution in [0, 0.1) is 5.92 Å². The lowest BCUT2D eigenvalue weighted by atomic mass is 9.87. The Morgan fingerprint density at radius 2 is 1.78 bits per heavy atom. The van der Waals surface area contributed by atoms with E-state index in [-0.39, 0.29) is 23.4 Å². The van der Waals surface area contributed by atoms with E-state index in [1.54, 1.807) is 4.57 Å². The first-order valence-corrected chi connectivity index (χ1v) is 12.4. The number of halogens is 1. The SMILES string of the molecule is CCC(c1nc2ccccc2c(=O)n1-c1ccc(Br)cc1)N(CC)C(=O)C1CCCCC1. The van der Waals surface area contributed by atoms with Gasteiger partial charge in [-0.3, -0.25) is 14.2 Å². The first kappa shape index (κ1) is 22.7. The highest BCUT2D eigenvalue weighted by Gasteiger charge is 2.32. The van der Waals surface area contributed by atoms with Crippen LogP contribution in [0.25, 0.3) is 16.6 Å². The normalized spacial score (nSPS) is 15.6. The molecule has 1 saturated carbocycles. The number of hydrogen-bond acceptors (Lipinski definition) is 3. The molecule has 3 aromatic rings. The number of carbonyl (C=O) groups is 1. The molecule has 0 saturated heterocycles. The lowest BCUT2D eigenvalue weighted by molar-refractivity contribution is -0.139. The molecule has 1 aliphatic rings. The van der Waals surface area contributed by atoms with Crippen LogP contribution in [-0.2, 0) is 4.79 Å². The van der Waals surface area contributed by atoms with Crippen LogP contribution in [0.4, 0.5) is 0 Å². The third-order valence-corrected chi connectivity index (χ3v) is 7.05. The van der Waals surface area contributed by atoms with Crippen LogP contribution in [0.15, 0.2) is 57.8 Å². The lowest BCUT2D eigenvalue weighted by Crippen LogP contribution is -2.41. The largest absolute Gasteiger partial charge is 0.333 e. The van der Waals surface area contributed by atoms with E-state index in [4.69, 9.17) is 4.98 Å². The van der Waals surface area contributed by atoms with Crippen molar-refractivity contribution in [1.29, 1.82) is 0 Å². The van der Waals surface area contributed by atoms with E-state index in [9.17, 15) is 9.59 Å². The number of aromatic nitrogens is 2. The van der Waals surface area contributed by atoms with Crippen molar-refractivity contribution in [2.24, 2.45) is 5.92 Å². The van der Waals surface area contributed by atoms with Gasteiger partial charge < -0.3 is 4.90 Å². The fourth-order valence-corrected chi connectivity index (χ4v) is 5.13. The van der Waals surface area contributed by atoms with Gasteiger partial charge in [0.2, 0.25) is 5.91 Å². The van der Waals surface area contributed by atoms with Crippen molar-refractivity contribution in [3.05, 3.63) is 69.2 Å². The summed E-state index contributed by atoms with van der Waals surface area (Å²) in [5, 5.41) is 0.579. The van der Waals surface area contributed by atoms with E-state index in [1.807, 2.05) is 60.4 Å². The predicted molar refractivity (Wildman–Crippen MR) is 132 cm³/mol. The molecule has 1 unspecified atom stereocenters. The van der Waals surface area contributed by atoms with Crippen LogP contribution in [0.5, 0.6) is 0 Å². The Hall–Kier alpha value is -2.47. The van der Waals surface area contributed by atoms with E-state index in [0.29, 0.717) is 29.7 Å². The van der Waals surface area contributed by atoms with Gasteiger partial charge in [-0.25, -0.2) is 4.98 Å². The predicted octanol–water partition coefficient (Wildman–Crippen LogP) is 6.03. The summed E-state index contributed by atoms with van der Waals surface area (Å²) in [5.41, 5.74) is 1.32. The fourth-order valence-electron chi connectivity index (χ4n) is 4.87. The molecular formula is C26H30BrN3O2. The summed E-state index contributed by atoms with van der Waals surface area (Å²) in [6.07, 6.45) is 6.04. The molecule has 0 radical (unpaired) electrons. The standard InChI is InChI=1S/C26H30BrN3O2/c1-3-23(29(4-2)25(31)18-10-6-5-7-11-18)24-28-22-13-9-8-12-21(22)26(32)30(24)20-16-14-19(27)15-17-20/h8-9,12-18,23H,3-7,10-11H2,1-2H3. The fraction of sp³-hybridized carbons (Fsp3) is 0.423. The van der Waals surface area contributed by atoms with Crippen LogP contribution >= 0.6 is 15.9 Å². The van der Waals surface area contributed by atoms with Crippen LogP contribution in [0.2, 0.25) is 0 Å². The minimum Gasteiger partial charge on any atom is -0.333 e. The van der Waals surface area contributed by atoms with Crippen molar-refractivity contribution < 1.29 is 4.79 Å². The number of nitrogens with zero attached hydrogens (tertiary/aromatic N) is 3. The topological polar surface area (TPSA) is 55.2 Å². The van der Waals surface area contributed by atoms with Crippen molar-refractivity contribution in [2.75, 3.05) is 6.54 Å². The Kier molecular flexibility index (Phi) is 7.09. The van der Waals surface area contributed by atoms with Gasteiger partial charge in [0.1, 0.15) is 5.82 Å². The van der Waals surface area contributed by atoms with Crippen molar-refractivity contribution in [3.8, 4) is 5.69 Å². The highest BCUT2D eigenvalue weighted by Crippen LogP contribution is 2.31. The van der Waals surface area contributed by atoms with Crippen LogP contribution in [-0.4, -0.2) is 26.9 Å². The molecule has 32 heavy (non-hydrogen) atoms. The number of rotatable bonds is 6. The molecule has 1 amide bonds. The first-order chi connectivity index (χ1) is 15.5. The van der Waals surface area contributed by atoms with E-state index < -0.39 is 0 Å². The zero-order valence-electron chi connectivity index (χ0n) is 18.8. The molecule has 2 aromatic carbocycles. The van der Waals surface area contributed by atoms with Crippen molar-refractivity contribution in [2.45, 2.75) is 58.4 Å². The molecule has 1 aliphatic carbocycles. The molecule has 0 bridgehead atoms. The average molecular weight is 496 g/mol. The van der Waals surface area contributed by atoms with Crippen molar-refractivity contribution in [1.82, 2.24) is 14.5 Å². The number of carbonyl (C=O) groups excluding carboxylic acids is 1. The molecule has 1 heterocycles. The zero-order valence-corrected chi connectivity index (χ0v) is 20.3. The van der Waals surface area contributed by atoms with E-state index >= 15 is 0 Å². The number of amides is 1. The number of para-hydroxylation sites is 1. The van der Waals surface area contributed by atoms with Gasteiger partial charge in [0.25, 0.3) is 5.56 Å². The number of benzene rings is 2. The molecule has 4 rings (SSSR count). The second kappa shape index (κ2) is 9.99. The Bertz CT molecular complexity index is 1150. The van der Waals surface area contributed by atoms with E-state index in [2.05, 4.69) is 22.9 Å². The summed E-state index contributed by atoms with van der Waals surface area (Å²) >= 11 is 3.48. The average Bonchev–Trinajstić information content (AvgIpc) is 2.83. The van der Waals surface area contributed by atoms with Crippen molar-refractivity contribution in [3.63, 3.8) is 0 Å². The molecule has 168 valence electrons. The maximum Gasteiger partial charge on any atom is 0.266 e. The minimum absolute atomic E-state index is 0.0751. The van der Waals surface area contributed by atoms with Gasteiger partial charge in [-0.15, -0.1) is 0 Å². The Morgan fingerprint density at radius 1 is 1.09 bits per heavy atom. The Morgan fingerprint density at radius 3 is 2.44 bits per heavy atom. The second-order valence-corrected chi connectivity index (χ2v) is 9.40. The Balaban J connectivity index is 1.88. The molecule has 5 nitrogen and oxygen atoms in total. The number of fused-ring (bicyclic) bond motifs is 1. The highest BCUT2D eigenvalue weighted by molar-refractivity contribution is 9.10. The molecule has 0 aliphatic heterocycles. The van der Waals surface area contributed by atoms with Crippen molar-refractivity contribution >= 4 is 32.7 Å². The van der Waals surface area contributed by atoms with Crippen LogP contribution in [0.3, 0.4) is 0 Å². The molecule has 6 heteroatoms. The summed E-state index contributed by atoms with van der Waals surface area (Å²) in [6, 6.07) is 14.9. The van der Waals surface area contributed by atoms with Gasteiger partial charge in [0, 0.05) is 16.9 Å². The summed E-state index contributed by atoms with van der Waals surface area (Å²) in [5.74, 6) is 0.902. The highest BCUT2D eigenvalue weighted by atomic mass is 79.9. The molecule has 0 N–H and O–H groups in total. The van der Waals surface area contributed by atoms with Gasteiger partial charge in [-0.2, -0.15) is 0 Å². The van der Waals surface area contributed by atoms with Gasteiger partial charge in [0.05, 0.1) is 22.6 Å². The molecule has 0 spiro atoms. The van der Waals surface area contributed by atoms with Gasteiger partial charge in [0.15, 0.2) is 0 Å².